The van der Waals surface area contributed by atoms with Gasteiger partial charge in [-0.25, -0.2) is 23.4 Å². The molecule has 0 bridgehead atoms. The molecular weight excluding hydrogens is 460 g/mol. The molecule has 3 aromatic rings. The highest BCUT2D eigenvalue weighted by Crippen LogP contribution is 2.32. The maximum absolute atomic E-state index is 11.6. The Hall–Kier alpha value is -3.44. The maximum atomic E-state index is 11.6. The highest BCUT2D eigenvalue weighted by atomic mass is 32.2. The fourth-order valence-corrected chi connectivity index (χ4v) is 3.83. The molecule has 0 amide bonds. The third-order valence-electron chi connectivity index (χ3n) is 4.86. The number of ether oxygens (including phenoxy) is 4. The van der Waals surface area contributed by atoms with Crippen molar-refractivity contribution >= 4 is 15.7 Å². The van der Waals surface area contributed by atoms with Gasteiger partial charge in [-0.3, -0.25) is 0 Å². The summed E-state index contributed by atoms with van der Waals surface area (Å²) >= 11 is 0. The number of benzene rings is 1. The molecule has 11 heteroatoms. The van der Waals surface area contributed by atoms with Crippen molar-refractivity contribution < 1.29 is 27.4 Å². The van der Waals surface area contributed by atoms with Gasteiger partial charge in [-0.2, -0.15) is 0 Å². The number of aromatic amines is 1. The molecule has 0 radical (unpaired) electrons. The van der Waals surface area contributed by atoms with E-state index in [0.29, 0.717) is 30.5 Å². The van der Waals surface area contributed by atoms with Gasteiger partial charge in [0.15, 0.2) is 14.9 Å². The summed E-state index contributed by atoms with van der Waals surface area (Å²) in [5.41, 5.74) is 2.40. The van der Waals surface area contributed by atoms with Gasteiger partial charge in [-0.1, -0.05) is 0 Å². The Labute approximate surface area is 197 Å². The normalized spacial score (nSPS) is 16.6. The number of sulfone groups is 1. The Morgan fingerprint density at radius 1 is 1.15 bits per heavy atom. The number of rotatable bonds is 9. The van der Waals surface area contributed by atoms with Crippen LogP contribution >= 0.6 is 0 Å². The van der Waals surface area contributed by atoms with Crippen LogP contribution in [0.5, 0.6) is 17.4 Å². The molecule has 0 aliphatic carbocycles. The van der Waals surface area contributed by atoms with E-state index in [2.05, 4.69) is 19.9 Å². The predicted molar refractivity (Wildman–Crippen MR) is 125 cm³/mol. The Balaban J connectivity index is 1.64. The molecule has 4 rings (SSSR count). The molecule has 1 aliphatic heterocycles. The van der Waals surface area contributed by atoms with Crippen molar-refractivity contribution in [2.75, 3.05) is 26.5 Å². The van der Waals surface area contributed by atoms with E-state index in [1.165, 1.54) is 6.20 Å². The molecule has 0 fully saturated rings. The van der Waals surface area contributed by atoms with Crippen molar-refractivity contribution in [3.05, 3.63) is 48.4 Å². The fourth-order valence-electron chi connectivity index (χ4n) is 3.34. The average Bonchev–Trinajstić information content (AvgIpc) is 3.43. The van der Waals surface area contributed by atoms with Crippen LogP contribution in [0.4, 0.5) is 0 Å². The third kappa shape index (κ3) is 5.72. The first-order valence-electron chi connectivity index (χ1n) is 10.6. The number of methoxy groups -OCH3 is 1. The quantitative estimate of drug-likeness (QED) is 0.489. The first-order valence-corrected chi connectivity index (χ1v) is 12.5. The molecule has 34 heavy (non-hydrogen) atoms. The van der Waals surface area contributed by atoms with E-state index in [1.54, 1.807) is 13.2 Å². The van der Waals surface area contributed by atoms with E-state index in [0.717, 1.165) is 29.4 Å². The van der Waals surface area contributed by atoms with Crippen LogP contribution in [0, 0.1) is 0 Å². The second kappa shape index (κ2) is 9.82. The Bertz CT molecular complexity index is 1290. The lowest BCUT2D eigenvalue weighted by Crippen LogP contribution is -2.17. The zero-order valence-corrected chi connectivity index (χ0v) is 20.1. The largest absolute Gasteiger partial charge is 0.488 e. The number of aliphatic imine (C=N–C) groups is 1. The molecule has 2 aromatic heterocycles. The summed E-state index contributed by atoms with van der Waals surface area (Å²) in [5.74, 6) is 1.74. The second-order valence-corrected chi connectivity index (χ2v) is 9.97. The van der Waals surface area contributed by atoms with E-state index in [4.69, 9.17) is 18.9 Å². The zero-order valence-electron chi connectivity index (χ0n) is 19.3. The Morgan fingerprint density at radius 3 is 2.56 bits per heavy atom. The number of hydrogen-bond donors (Lipinski definition) is 1. The molecule has 0 saturated heterocycles. The molecule has 3 heterocycles. The molecule has 1 N–H and O–H groups in total. The number of hydrogen-bond acceptors (Lipinski definition) is 9. The van der Waals surface area contributed by atoms with Crippen LogP contribution in [0.1, 0.15) is 19.5 Å². The summed E-state index contributed by atoms with van der Waals surface area (Å²) in [5, 5.41) is -0.128. The first-order chi connectivity index (χ1) is 16.2. The predicted octanol–water partition coefficient (Wildman–Crippen LogP) is 3.25. The smallest absolute Gasteiger partial charge is 0.237 e. The molecule has 1 unspecified atom stereocenters. The SMILES string of the molecule is COCC(C)Oc1cc(Oc2cnc(S(C)(=O)=O)cn2)cc(-c2ccc(C3=NC[C@H](C)O3)[nH]2)c1. The maximum Gasteiger partial charge on any atom is 0.237 e. The Kier molecular flexibility index (Phi) is 6.85. The molecule has 180 valence electrons. The average molecular weight is 487 g/mol. The van der Waals surface area contributed by atoms with Crippen LogP contribution in [0.2, 0.25) is 0 Å². The molecule has 0 saturated carbocycles. The topological polar surface area (TPSA) is 125 Å². The fraction of sp³-hybridized carbons (Fsp3) is 0.348. The van der Waals surface area contributed by atoms with Crippen molar-refractivity contribution in [3.8, 4) is 28.6 Å². The highest BCUT2D eigenvalue weighted by Gasteiger charge is 2.19. The molecule has 0 spiro atoms. The second-order valence-electron chi connectivity index (χ2n) is 8.00. The van der Waals surface area contributed by atoms with Gasteiger partial charge in [0.1, 0.15) is 29.4 Å². The third-order valence-corrected chi connectivity index (χ3v) is 5.83. The van der Waals surface area contributed by atoms with Gasteiger partial charge >= 0.3 is 0 Å². The van der Waals surface area contributed by atoms with Gasteiger partial charge in [0.25, 0.3) is 0 Å². The monoisotopic (exact) mass is 486 g/mol. The summed E-state index contributed by atoms with van der Waals surface area (Å²) in [6.07, 6.45) is 3.35. The number of aromatic nitrogens is 3. The minimum absolute atomic E-state index is 0.0518. The summed E-state index contributed by atoms with van der Waals surface area (Å²) in [4.78, 5) is 15.7. The molecular formula is C23H26N4O6S. The van der Waals surface area contributed by atoms with E-state index in [9.17, 15) is 8.42 Å². The van der Waals surface area contributed by atoms with Crippen molar-refractivity contribution in [1.82, 2.24) is 15.0 Å². The minimum Gasteiger partial charge on any atom is -0.488 e. The summed E-state index contributed by atoms with van der Waals surface area (Å²) < 4.78 is 46.0. The van der Waals surface area contributed by atoms with E-state index >= 15 is 0 Å². The van der Waals surface area contributed by atoms with Gasteiger partial charge in [0.05, 0.1) is 25.5 Å². The van der Waals surface area contributed by atoms with Gasteiger partial charge < -0.3 is 23.9 Å². The number of nitrogens with one attached hydrogen (secondary N) is 1. The van der Waals surface area contributed by atoms with Crippen molar-refractivity contribution in [2.45, 2.75) is 31.1 Å². The van der Waals surface area contributed by atoms with Crippen molar-refractivity contribution in [1.29, 1.82) is 0 Å². The van der Waals surface area contributed by atoms with Gasteiger partial charge in [-0.05, 0) is 38.1 Å². The lowest BCUT2D eigenvalue weighted by atomic mass is 10.1. The minimum atomic E-state index is -3.45. The van der Waals surface area contributed by atoms with Crippen molar-refractivity contribution in [2.24, 2.45) is 4.99 Å². The summed E-state index contributed by atoms with van der Waals surface area (Å²) in [7, 11) is -1.84. The van der Waals surface area contributed by atoms with Crippen LogP contribution < -0.4 is 9.47 Å². The number of nitrogens with zero attached hydrogens (tertiary/aromatic N) is 3. The van der Waals surface area contributed by atoms with Crippen LogP contribution in [0.25, 0.3) is 11.3 Å². The van der Waals surface area contributed by atoms with Gasteiger partial charge in [0.2, 0.25) is 11.8 Å². The van der Waals surface area contributed by atoms with Crippen LogP contribution in [-0.2, 0) is 19.3 Å². The van der Waals surface area contributed by atoms with Crippen LogP contribution in [0.3, 0.4) is 0 Å². The molecule has 2 atom stereocenters. The lowest BCUT2D eigenvalue weighted by molar-refractivity contribution is 0.0920. The zero-order chi connectivity index (χ0) is 24.3. The van der Waals surface area contributed by atoms with E-state index in [-0.39, 0.29) is 23.1 Å². The molecule has 10 nitrogen and oxygen atoms in total. The molecule has 1 aromatic carbocycles. The summed E-state index contributed by atoms with van der Waals surface area (Å²) in [6.45, 7) is 4.91. The lowest BCUT2D eigenvalue weighted by Gasteiger charge is -2.16. The van der Waals surface area contributed by atoms with Crippen LogP contribution in [0.15, 0.2) is 52.7 Å². The summed E-state index contributed by atoms with van der Waals surface area (Å²) in [6, 6.07) is 9.25. The van der Waals surface area contributed by atoms with E-state index < -0.39 is 9.84 Å². The first kappa shape index (κ1) is 23.7. The van der Waals surface area contributed by atoms with Crippen LogP contribution in [-0.4, -0.2) is 68.0 Å². The number of H-pyrrole nitrogens is 1. The standard InChI is InChI=1S/C23H26N4O6S/c1-14-10-26-23(32-14)20-6-5-19(27-20)16-7-17(31-15(2)13-30-3)9-18(8-16)33-21-11-25-22(12-24-21)34(4,28)29/h5-9,11-12,14-15,27H,10,13H2,1-4H3/t14-,15?/m0/s1. The molecule has 1 aliphatic rings. The Morgan fingerprint density at radius 2 is 1.91 bits per heavy atom. The van der Waals surface area contributed by atoms with E-state index in [1.807, 2.05) is 38.1 Å². The van der Waals surface area contributed by atoms with Gasteiger partial charge in [0, 0.05) is 30.7 Å². The highest BCUT2D eigenvalue weighted by molar-refractivity contribution is 7.90. The van der Waals surface area contributed by atoms with Gasteiger partial charge in [-0.15, -0.1) is 0 Å². The van der Waals surface area contributed by atoms with Crippen molar-refractivity contribution in [3.63, 3.8) is 0 Å².